The van der Waals surface area contributed by atoms with Gasteiger partial charge in [-0.1, -0.05) is 12.1 Å². The number of aliphatic hydroxyl groups is 1. The Kier molecular flexibility index (Phi) is 3.24. The lowest BCUT2D eigenvalue weighted by molar-refractivity contribution is 0.0934. The maximum atomic E-state index is 11.8. The van der Waals surface area contributed by atoms with Crippen LogP contribution in [0.1, 0.15) is 33.6 Å². The normalized spacial score (nSPS) is 16.3. The Morgan fingerprint density at radius 2 is 2.00 bits per heavy atom. The van der Waals surface area contributed by atoms with Crippen LogP contribution in [0.4, 0.5) is 0 Å². The highest BCUT2D eigenvalue weighted by molar-refractivity contribution is 5.94. The summed E-state index contributed by atoms with van der Waals surface area (Å²) in [6.07, 6.45) is 2.67. The summed E-state index contributed by atoms with van der Waals surface area (Å²) in [5.41, 5.74) is 0.998. The minimum Gasteiger partial charge on any atom is -0.396 e. The molecule has 0 aromatic heterocycles. The molecule has 90 valence electrons. The van der Waals surface area contributed by atoms with E-state index in [0.717, 1.165) is 19.1 Å². The third kappa shape index (κ3) is 2.71. The number of hydrogen-bond acceptors (Lipinski definition) is 3. The predicted octanol–water partition coefficient (Wildman–Crippen LogP) is 1.00. The Labute approximate surface area is 99.6 Å². The molecule has 0 heterocycles. The highest BCUT2D eigenvalue weighted by Crippen LogP contribution is 2.44. The van der Waals surface area contributed by atoms with Crippen molar-refractivity contribution in [2.75, 3.05) is 13.2 Å². The Morgan fingerprint density at radius 1 is 1.35 bits per heavy atom. The molecule has 1 aliphatic rings. The summed E-state index contributed by atoms with van der Waals surface area (Å²) < 4.78 is 0. The van der Waals surface area contributed by atoms with Crippen LogP contribution in [0.5, 0.6) is 0 Å². The maximum absolute atomic E-state index is 11.8. The quantitative estimate of drug-likeness (QED) is 0.746. The van der Waals surface area contributed by atoms with Crippen LogP contribution < -0.4 is 5.32 Å². The number of benzene rings is 1. The van der Waals surface area contributed by atoms with Crippen molar-refractivity contribution in [3.63, 3.8) is 0 Å². The Bertz CT molecular complexity index is 421. The molecule has 4 heteroatoms. The van der Waals surface area contributed by atoms with Crippen LogP contribution in [0, 0.1) is 5.41 Å². The number of carbonyl (C=O) groups excluding carboxylic acids is 2. The summed E-state index contributed by atoms with van der Waals surface area (Å²) in [7, 11) is 0. The fourth-order valence-electron chi connectivity index (χ4n) is 1.65. The van der Waals surface area contributed by atoms with Crippen LogP contribution in [0.25, 0.3) is 0 Å². The summed E-state index contributed by atoms with van der Waals surface area (Å²) in [5, 5.41) is 11.9. The van der Waals surface area contributed by atoms with Crippen LogP contribution in [0.15, 0.2) is 24.3 Å². The molecule has 0 radical (unpaired) electrons. The van der Waals surface area contributed by atoms with E-state index in [1.165, 1.54) is 0 Å². The van der Waals surface area contributed by atoms with Crippen molar-refractivity contribution in [2.45, 2.75) is 12.8 Å². The lowest BCUT2D eigenvalue weighted by Crippen LogP contribution is -2.31. The number of aldehydes is 1. The summed E-state index contributed by atoms with van der Waals surface area (Å²) >= 11 is 0. The van der Waals surface area contributed by atoms with Gasteiger partial charge in [0.25, 0.3) is 5.91 Å². The Morgan fingerprint density at radius 3 is 2.47 bits per heavy atom. The molecule has 1 fully saturated rings. The molecule has 1 aromatic carbocycles. The molecule has 2 rings (SSSR count). The zero-order chi connectivity index (χ0) is 12.3. The van der Waals surface area contributed by atoms with Gasteiger partial charge in [0.2, 0.25) is 0 Å². The maximum Gasteiger partial charge on any atom is 0.251 e. The first-order chi connectivity index (χ1) is 8.19. The lowest BCUT2D eigenvalue weighted by atomic mass is 10.1. The molecule has 1 aromatic rings. The van der Waals surface area contributed by atoms with E-state index >= 15 is 0 Å². The monoisotopic (exact) mass is 233 g/mol. The largest absolute Gasteiger partial charge is 0.396 e. The first kappa shape index (κ1) is 11.8. The highest BCUT2D eigenvalue weighted by atomic mass is 16.3. The van der Waals surface area contributed by atoms with Crippen LogP contribution in [-0.4, -0.2) is 30.5 Å². The second kappa shape index (κ2) is 4.67. The number of carbonyl (C=O) groups is 2. The second-order valence-corrected chi connectivity index (χ2v) is 4.58. The number of hydrogen-bond donors (Lipinski definition) is 2. The molecule has 0 bridgehead atoms. The van der Waals surface area contributed by atoms with E-state index < -0.39 is 0 Å². The molecular weight excluding hydrogens is 218 g/mol. The average molecular weight is 233 g/mol. The van der Waals surface area contributed by atoms with Gasteiger partial charge in [-0.25, -0.2) is 0 Å². The minimum absolute atomic E-state index is 0.0849. The van der Waals surface area contributed by atoms with Gasteiger partial charge in [-0.05, 0) is 25.0 Å². The van der Waals surface area contributed by atoms with Crippen molar-refractivity contribution in [3.8, 4) is 0 Å². The fourth-order valence-corrected chi connectivity index (χ4v) is 1.65. The van der Waals surface area contributed by atoms with E-state index in [0.29, 0.717) is 17.7 Å². The molecule has 1 saturated carbocycles. The van der Waals surface area contributed by atoms with Gasteiger partial charge in [0.1, 0.15) is 6.29 Å². The van der Waals surface area contributed by atoms with E-state index in [4.69, 9.17) is 5.11 Å². The van der Waals surface area contributed by atoms with Gasteiger partial charge in [-0.2, -0.15) is 0 Å². The molecule has 0 aliphatic heterocycles. The summed E-state index contributed by atoms with van der Waals surface area (Å²) in [5.74, 6) is -0.165. The van der Waals surface area contributed by atoms with E-state index in [9.17, 15) is 9.59 Å². The van der Waals surface area contributed by atoms with Gasteiger partial charge < -0.3 is 10.4 Å². The zero-order valence-corrected chi connectivity index (χ0v) is 9.48. The van der Waals surface area contributed by atoms with Gasteiger partial charge in [0, 0.05) is 23.1 Å². The third-order valence-corrected chi connectivity index (χ3v) is 3.23. The van der Waals surface area contributed by atoms with E-state index in [1.54, 1.807) is 24.3 Å². The SMILES string of the molecule is O=Cc1ccc(C(=O)NCC2(CO)CC2)cc1. The molecule has 4 nitrogen and oxygen atoms in total. The van der Waals surface area contributed by atoms with Crippen LogP contribution >= 0.6 is 0 Å². The van der Waals surface area contributed by atoms with Crippen molar-refractivity contribution >= 4 is 12.2 Å². The molecular formula is C13H15NO3. The zero-order valence-electron chi connectivity index (χ0n) is 9.48. The van der Waals surface area contributed by atoms with E-state index in [2.05, 4.69) is 5.32 Å². The first-order valence-corrected chi connectivity index (χ1v) is 5.63. The van der Waals surface area contributed by atoms with E-state index in [-0.39, 0.29) is 17.9 Å². The molecule has 17 heavy (non-hydrogen) atoms. The topological polar surface area (TPSA) is 66.4 Å². The molecule has 1 amide bonds. The van der Waals surface area contributed by atoms with Gasteiger partial charge in [-0.15, -0.1) is 0 Å². The molecule has 1 aliphatic carbocycles. The summed E-state index contributed by atoms with van der Waals surface area (Å²) in [6.45, 7) is 0.634. The van der Waals surface area contributed by atoms with Gasteiger partial charge in [-0.3, -0.25) is 9.59 Å². The first-order valence-electron chi connectivity index (χ1n) is 5.63. The second-order valence-electron chi connectivity index (χ2n) is 4.58. The lowest BCUT2D eigenvalue weighted by Gasteiger charge is -2.12. The van der Waals surface area contributed by atoms with Crippen LogP contribution in [0.3, 0.4) is 0 Å². The number of aliphatic hydroxyl groups excluding tert-OH is 1. The summed E-state index contributed by atoms with van der Waals surface area (Å²) in [6, 6.07) is 6.47. The average Bonchev–Trinajstić information content (AvgIpc) is 3.17. The molecule has 0 unspecified atom stereocenters. The Hall–Kier alpha value is -1.68. The molecule has 2 N–H and O–H groups in total. The minimum atomic E-state index is -0.165. The number of amides is 1. The van der Waals surface area contributed by atoms with Crippen LogP contribution in [0.2, 0.25) is 0 Å². The van der Waals surface area contributed by atoms with Crippen molar-refractivity contribution in [1.29, 1.82) is 0 Å². The van der Waals surface area contributed by atoms with Crippen LogP contribution in [-0.2, 0) is 0 Å². The van der Waals surface area contributed by atoms with Crippen molar-refractivity contribution in [2.24, 2.45) is 5.41 Å². The molecule has 0 atom stereocenters. The van der Waals surface area contributed by atoms with Gasteiger partial charge in [0.15, 0.2) is 0 Å². The van der Waals surface area contributed by atoms with Crippen molar-refractivity contribution < 1.29 is 14.7 Å². The Balaban J connectivity index is 1.92. The van der Waals surface area contributed by atoms with Crippen molar-refractivity contribution in [1.82, 2.24) is 5.32 Å². The number of rotatable bonds is 5. The van der Waals surface area contributed by atoms with Crippen molar-refractivity contribution in [3.05, 3.63) is 35.4 Å². The highest BCUT2D eigenvalue weighted by Gasteiger charge is 2.42. The molecule has 0 spiro atoms. The van der Waals surface area contributed by atoms with E-state index in [1.807, 2.05) is 0 Å². The predicted molar refractivity (Wildman–Crippen MR) is 62.9 cm³/mol. The standard InChI is InChI=1S/C13H15NO3/c15-7-10-1-3-11(4-2-10)12(17)14-8-13(9-16)5-6-13/h1-4,7,16H,5-6,8-9H2,(H,14,17). The summed E-state index contributed by atoms with van der Waals surface area (Å²) in [4.78, 5) is 22.2. The smallest absolute Gasteiger partial charge is 0.251 e. The van der Waals surface area contributed by atoms with Gasteiger partial charge in [0.05, 0.1) is 6.61 Å². The molecule has 0 saturated heterocycles. The third-order valence-electron chi connectivity index (χ3n) is 3.23. The van der Waals surface area contributed by atoms with Gasteiger partial charge >= 0.3 is 0 Å². The fraction of sp³-hybridized carbons (Fsp3) is 0.385. The number of nitrogens with one attached hydrogen (secondary N) is 1.